The van der Waals surface area contributed by atoms with Crippen molar-refractivity contribution in [3.8, 4) is 5.75 Å². The molecule has 0 bridgehead atoms. The van der Waals surface area contributed by atoms with Crippen LogP contribution in [-0.4, -0.2) is 34.8 Å². The summed E-state index contributed by atoms with van der Waals surface area (Å²) in [5, 5.41) is 0.0234. The largest absolute Gasteiger partial charge is 0.426 e. The van der Waals surface area contributed by atoms with Gasteiger partial charge in [-0.3, -0.25) is 9.59 Å². The van der Waals surface area contributed by atoms with E-state index in [2.05, 4.69) is 0 Å². The van der Waals surface area contributed by atoms with Gasteiger partial charge in [0.05, 0.1) is 24.2 Å². The predicted octanol–water partition coefficient (Wildman–Crippen LogP) is 3.36. The number of benzene rings is 1. The normalized spacial score (nSPS) is 19.6. The highest BCUT2D eigenvalue weighted by atomic mass is 32.2. The van der Waals surface area contributed by atoms with Crippen LogP contribution < -0.4 is 4.18 Å². The van der Waals surface area contributed by atoms with Gasteiger partial charge < -0.3 is 9.08 Å². The highest BCUT2D eigenvalue weighted by Crippen LogP contribution is 2.35. The third kappa shape index (κ3) is 3.06. The van der Waals surface area contributed by atoms with Gasteiger partial charge in [-0.25, -0.2) is 0 Å². The third-order valence-corrected chi connectivity index (χ3v) is 5.19. The second-order valence-electron chi connectivity index (χ2n) is 5.25. The van der Waals surface area contributed by atoms with Crippen molar-refractivity contribution in [3.63, 3.8) is 0 Å². The molecule has 0 radical (unpaired) electrons. The van der Waals surface area contributed by atoms with Crippen molar-refractivity contribution in [2.45, 2.75) is 36.6 Å². The molecular weight excluding hydrogens is 306 g/mol. The number of hydrogen-bond acceptors (Lipinski definition) is 5. The lowest BCUT2D eigenvalue weighted by Gasteiger charge is -2.26. The van der Waals surface area contributed by atoms with E-state index in [1.54, 1.807) is 23.1 Å². The van der Waals surface area contributed by atoms with Gasteiger partial charge in [0.25, 0.3) is 5.91 Å². The molecule has 3 rings (SSSR count). The molecular formula is C15H17NO3S2. The summed E-state index contributed by atoms with van der Waals surface area (Å²) in [6, 6.07) is 5.56. The molecule has 1 aromatic rings. The van der Waals surface area contributed by atoms with Crippen LogP contribution >= 0.6 is 23.8 Å². The van der Waals surface area contributed by atoms with E-state index in [0.29, 0.717) is 16.2 Å². The lowest BCUT2D eigenvalue weighted by atomic mass is 10.1. The zero-order valence-electron chi connectivity index (χ0n) is 11.8. The molecule has 112 valence electrons. The quantitative estimate of drug-likeness (QED) is 0.798. The van der Waals surface area contributed by atoms with Gasteiger partial charge in [-0.1, -0.05) is 12.8 Å². The summed E-state index contributed by atoms with van der Waals surface area (Å²) in [5.74, 6) is 0.648. The highest BCUT2D eigenvalue weighted by Gasteiger charge is 2.33. The Morgan fingerprint density at radius 1 is 1.29 bits per heavy atom. The number of thioether (sulfide) groups is 1. The minimum atomic E-state index is -0.0223. The van der Waals surface area contributed by atoms with Gasteiger partial charge in [0, 0.05) is 17.2 Å². The number of hydrogen-bond donors (Lipinski definition) is 0. The molecule has 0 N–H and O–H groups in total. The summed E-state index contributed by atoms with van der Waals surface area (Å²) in [6.07, 6.45) is 6.13. The first-order valence-electron chi connectivity index (χ1n) is 7.05. The van der Waals surface area contributed by atoms with Gasteiger partial charge >= 0.3 is 0 Å². The fourth-order valence-corrected chi connectivity index (χ4v) is 4.13. The van der Waals surface area contributed by atoms with Crippen molar-refractivity contribution in [1.82, 2.24) is 4.90 Å². The summed E-state index contributed by atoms with van der Waals surface area (Å²) >= 11 is 2.39. The van der Waals surface area contributed by atoms with E-state index in [9.17, 15) is 9.59 Å². The maximum absolute atomic E-state index is 12.8. The molecule has 1 saturated carbocycles. The molecule has 1 aliphatic heterocycles. The summed E-state index contributed by atoms with van der Waals surface area (Å²) < 4.78 is 5.38. The zero-order chi connectivity index (χ0) is 14.8. The van der Waals surface area contributed by atoms with Crippen molar-refractivity contribution < 1.29 is 13.8 Å². The van der Waals surface area contributed by atoms with E-state index in [0.717, 1.165) is 37.4 Å². The average molecular weight is 323 g/mol. The van der Waals surface area contributed by atoms with Crippen LogP contribution in [0.3, 0.4) is 0 Å². The van der Waals surface area contributed by atoms with E-state index >= 15 is 0 Å². The van der Waals surface area contributed by atoms with Crippen LogP contribution in [0.25, 0.3) is 0 Å². The summed E-state index contributed by atoms with van der Waals surface area (Å²) in [7, 11) is 0. The fraction of sp³-hybridized carbons (Fsp3) is 0.467. The zero-order valence-corrected chi connectivity index (χ0v) is 13.5. The first-order chi connectivity index (χ1) is 10.2. The third-order valence-electron chi connectivity index (χ3n) is 3.91. The molecule has 0 spiro atoms. The molecule has 6 heteroatoms. The molecule has 1 aromatic carbocycles. The minimum absolute atomic E-state index is 0.0223. The lowest BCUT2D eigenvalue weighted by Crippen LogP contribution is -2.40. The molecule has 1 fully saturated rings. The van der Waals surface area contributed by atoms with Gasteiger partial charge in [0.15, 0.2) is 0 Å². The molecule has 1 amide bonds. The van der Waals surface area contributed by atoms with E-state index in [1.165, 1.54) is 12.0 Å². The Kier molecular flexibility index (Phi) is 4.45. The number of carbonyl (C=O) groups excluding carboxylic acids is 2. The van der Waals surface area contributed by atoms with Crippen molar-refractivity contribution in [1.29, 1.82) is 0 Å². The van der Waals surface area contributed by atoms with Gasteiger partial charge in [-0.05, 0) is 42.8 Å². The fourth-order valence-electron chi connectivity index (χ4n) is 2.94. The Bertz CT molecular complexity index is 570. The molecule has 1 aliphatic carbocycles. The van der Waals surface area contributed by atoms with E-state index < -0.39 is 0 Å². The van der Waals surface area contributed by atoms with E-state index in [1.807, 2.05) is 6.26 Å². The molecule has 1 heterocycles. The Balaban J connectivity index is 1.93. The SMILES string of the molecule is CSOc1ccc2c(c1)SC(=O)CN(C1CCCC1)C2=O. The first-order valence-corrected chi connectivity index (χ1v) is 9.02. The molecule has 0 atom stereocenters. The first kappa shape index (κ1) is 14.8. The maximum atomic E-state index is 12.8. The predicted molar refractivity (Wildman–Crippen MR) is 84.7 cm³/mol. The standard InChI is InChI=1S/C15H17NO3S2/c1-20-19-11-6-7-12-13(8-11)21-14(17)9-16(15(12)18)10-4-2-3-5-10/h6-8,10H,2-5,9H2,1H3. The summed E-state index contributed by atoms with van der Waals surface area (Å²) in [6.45, 7) is 0.210. The second-order valence-corrected chi connectivity index (χ2v) is 6.85. The Morgan fingerprint density at radius 3 is 2.76 bits per heavy atom. The lowest BCUT2D eigenvalue weighted by molar-refractivity contribution is -0.111. The van der Waals surface area contributed by atoms with Gasteiger partial charge in [0.1, 0.15) is 5.75 Å². The Hall–Kier alpha value is -1.14. The van der Waals surface area contributed by atoms with Gasteiger partial charge in [-0.2, -0.15) is 0 Å². The van der Waals surface area contributed by atoms with Crippen molar-refractivity contribution in [2.24, 2.45) is 0 Å². The smallest absolute Gasteiger partial charge is 0.255 e. The van der Waals surface area contributed by atoms with Crippen molar-refractivity contribution >= 4 is 34.8 Å². The van der Waals surface area contributed by atoms with Crippen LogP contribution in [0.4, 0.5) is 0 Å². The molecule has 0 unspecified atom stereocenters. The van der Waals surface area contributed by atoms with Crippen LogP contribution in [0.2, 0.25) is 0 Å². The molecule has 21 heavy (non-hydrogen) atoms. The van der Waals surface area contributed by atoms with Crippen LogP contribution in [0.5, 0.6) is 5.75 Å². The molecule has 0 saturated heterocycles. The monoisotopic (exact) mass is 323 g/mol. The van der Waals surface area contributed by atoms with Gasteiger partial charge in [-0.15, -0.1) is 0 Å². The number of nitrogens with zero attached hydrogens (tertiary/aromatic N) is 1. The minimum Gasteiger partial charge on any atom is -0.426 e. The molecule has 0 aromatic heterocycles. The molecule has 4 nitrogen and oxygen atoms in total. The van der Waals surface area contributed by atoms with Crippen molar-refractivity contribution in [3.05, 3.63) is 23.8 Å². The maximum Gasteiger partial charge on any atom is 0.255 e. The number of rotatable bonds is 3. The van der Waals surface area contributed by atoms with E-state index in [-0.39, 0.29) is 23.6 Å². The number of amides is 1. The van der Waals surface area contributed by atoms with E-state index in [4.69, 9.17) is 4.18 Å². The Labute approximate surface area is 132 Å². The highest BCUT2D eigenvalue weighted by molar-refractivity contribution is 8.13. The summed E-state index contributed by atoms with van der Waals surface area (Å²) in [5.41, 5.74) is 0.617. The van der Waals surface area contributed by atoms with Crippen LogP contribution in [0.1, 0.15) is 36.0 Å². The number of fused-ring (bicyclic) bond motifs is 1. The Morgan fingerprint density at radius 2 is 2.05 bits per heavy atom. The van der Waals surface area contributed by atoms with Gasteiger partial charge in [0.2, 0.25) is 5.12 Å². The van der Waals surface area contributed by atoms with Crippen LogP contribution in [-0.2, 0) is 4.79 Å². The van der Waals surface area contributed by atoms with Crippen LogP contribution in [0.15, 0.2) is 23.1 Å². The topological polar surface area (TPSA) is 46.6 Å². The number of carbonyl (C=O) groups is 2. The average Bonchev–Trinajstić information content (AvgIpc) is 2.95. The summed E-state index contributed by atoms with van der Waals surface area (Å²) in [4.78, 5) is 27.4. The van der Waals surface area contributed by atoms with Crippen molar-refractivity contribution in [2.75, 3.05) is 12.8 Å². The second kappa shape index (κ2) is 6.32. The molecule has 2 aliphatic rings. The van der Waals surface area contributed by atoms with Crippen LogP contribution in [0, 0.1) is 0 Å².